The number of carbonyl (C=O) groups excluding carboxylic acids is 2. The average Bonchev–Trinajstić information content (AvgIpc) is 3.65. The number of hydrogen-bond acceptors (Lipinski definition) is 5. The molecule has 0 radical (unpaired) electrons. The van der Waals surface area contributed by atoms with Crippen molar-refractivity contribution in [3.8, 4) is 0 Å². The van der Waals surface area contributed by atoms with E-state index in [2.05, 4.69) is 43.5 Å². The Balaban J connectivity index is 3.31. The summed E-state index contributed by atoms with van der Waals surface area (Å²) in [5.41, 5.74) is 0. The second-order valence-corrected chi connectivity index (χ2v) is 29.9. The molecule has 3 N–H and O–H groups in total. The first-order valence-electron chi connectivity index (χ1n) is 43.1. The number of esters is 1. The van der Waals surface area contributed by atoms with Crippen molar-refractivity contribution in [1.29, 1.82) is 0 Å². The second kappa shape index (κ2) is 82.8. The predicted octanol–water partition coefficient (Wildman–Crippen LogP) is 28.8. The van der Waals surface area contributed by atoms with Gasteiger partial charge in [0.05, 0.1) is 25.4 Å². The van der Waals surface area contributed by atoms with Crippen molar-refractivity contribution in [2.45, 2.75) is 508 Å². The fourth-order valence-electron chi connectivity index (χ4n) is 14.0. The summed E-state index contributed by atoms with van der Waals surface area (Å²) in [5.74, 6) is -0.00359. The van der Waals surface area contributed by atoms with Crippen LogP contribution in [0.25, 0.3) is 0 Å². The Labute approximate surface area is 583 Å². The molecule has 552 valence electrons. The minimum absolute atomic E-state index is 0.0200. The molecule has 6 heteroatoms. The van der Waals surface area contributed by atoms with E-state index in [1.54, 1.807) is 0 Å². The molecule has 0 rings (SSSR count). The molecule has 6 nitrogen and oxygen atoms in total. The van der Waals surface area contributed by atoms with E-state index in [1.807, 2.05) is 0 Å². The van der Waals surface area contributed by atoms with Gasteiger partial charge in [0.15, 0.2) is 0 Å². The summed E-state index contributed by atoms with van der Waals surface area (Å²) >= 11 is 0. The van der Waals surface area contributed by atoms with Crippen LogP contribution in [-0.4, -0.2) is 47.4 Å². The SMILES string of the molecule is CCCCC/C=C\C/C=C\CCCCCCCCCCCC(=O)OCCCCCCCCCCCCCCCCCCCCCCCCCCCCCCCCCCCCCC(=O)NC(CO)C(O)CCCCCCCCCCCCCCCCCCCCCCCC. The summed E-state index contributed by atoms with van der Waals surface area (Å²) in [6, 6.07) is -0.538. The Kier molecular flexibility index (Phi) is 81.3. The molecule has 0 heterocycles. The van der Waals surface area contributed by atoms with Gasteiger partial charge in [-0.15, -0.1) is 0 Å². The Hall–Kier alpha value is -1.66. The molecule has 2 unspecified atom stereocenters. The van der Waals surface area contributed by atoms with Crippen LogP contribution in [0.4, 0.5) is 0 Å². The molecule has 0 aromatic heterocycles. The molecule has 0 saturated heterocycles. The number of rotatable bonds is 82. The summed E-state index contributed by atoms with van der Waals surface area (Å²) in [6.07, 6.45) is 107. The van der Waals surface area contributed by atoms with E-state index >= 15 is 0 Å². The van der Waals surface area contributed by atoms with Gasteiger partial charge in [0.1, 0.15) is 0 Å². The fraction of sp³-hybridized carbons (Fsp3) is 0.931. The number of amides is 1. The Bertz CT molecular complexity index is 1460. The molecule has 2 atom stereocenters. The van der Waals surface area contributed by atoms with Crippen molar-refractivity contribution in [1.82, 2.24) is 5.32 Å². The number of aliphatic hydroxyl groups excluding tert-OH is 2. The highest BCUT2D eigenvalue weighted by Gasteiger charge is 2.20. The van der Waals surface area contributed by atoms with Crippen LogP contribution in [0.5, 0.6) is 0 Å². The number of carbonyl (C=O) groups is 2. The molecule has 0 spiro atoms. The first-order valence-corrected chi connectivity index (χ1v) is 43.1. The second-order valence-electron chi connectivity index (χ2n) is 29.9. The van der Waals surface area contributed by atoms with E-state index in [9.17, 15) is 19.8 Å². The van der Waals surface area contributed by atoms with Crippen molar-refractivity contribution < 1.29 is 24.5 Å². The summed E-state index contributed by atoms with van der Waals surface area (Å²) in [7, 11) is 0. The van der Waals surface area contributed by atoms with E-state index in [4.69, 9.17) is 4.74 Å². The Morgan fingerprint density at radius 3 is 0.839 bits per heavy atom. The smallest absolute Gasteiger partial charge is 0.305 e. The van der Waals surface area contributed by atoms with Crippen molar-refractivity contribution in [3.05, 3.63) is 24.3 Å². The van der Waals surface area contributed by atoms with Crippen molar-refractivity contribution in [2.75, 3.05) is 13.2 Å². The Morgan fingerprint density at radius 2 is 0.538 bits per heavy atom. The molecular formula is C87H169NO5. The molecule has 0 fully saturated rings. The number of unbranched alkanes of at least 4 members (excludes halogenated alkanes) is 67. The highest BCUT2D eigenvalue weighted by molar-refractivity contribution is 5.76. The first kappa shape index (κ1) is 91.3. The minimum Gasteiger partial charge on any atom is -0.466 e. The van der Waals surface area contributed by atoms with Gasteiger partial charge in [-0.3, -0.25) is 9.59 Å². The maximum atomic E-state index is 12.6. The van der Waals surface area contributed by atoms with E-state index in [0.29, 0.717) is 25.9 Å². The first-order chi connectivity index (χ1) is 46.0. The number of hydrogen-bond donors (Lipinski definition) is 3. The Morgan fingerprint density at radius 1 is 0.301 bits per heavy atom. The zero-order valence-corrected chi connectivity index (χ0v) is 63.5. The van der Waals surface area contributed by atoms with Crippen LogP contribution in [-0.2, 0) is 14.3 Å². The third-order valence-electron chi connectivity index (χ3n) is 20.5. The van der Waals surface area contributed by atoms with Crippen molar-refractivity contribution in [3.63, 3.8) is 0 Å². The number of aliphatic hydroxyl groups is 2. The zero-order chi connectivity index (χ0) is 67.0. The molecule has 1 amide bonds. The van der Waals surface area contributed by atoms with E-state index in [-0.39, 0.29) is 18.5 Å². The minimum atomic E-state index is -0.662. The lowest BCUT2D eigenvalue weighted by atomic mass is 10.0. The summed E-state index contributed by atoms with van der Waals surface area (Å²) in [4.78, 5) is 24.7. The lowest BCUT2D eigenvalue weighted by Gasteiger charge is -2.22. The van der Waals surface area contributed by atoms with E-state index in [0.717, 1.165) is 44.9 Å². The van der Waals surface area contributed by atoms with Gasteiger partial charge < -0.3 is 20.3 Å². The van der Waals surface area contributed by atoms with Gasteiger partial charge in [0, 0.05) is 12.8 Å². The maximum absolute atomic E-state index is 12.6. The summed E-state index contributed by atoms with van der Waals surface area (Å²) < 4.78 is 5.52. The quantitative estimate of drug-likeness (QED) is 0.0320. The fourth-order valence-corrected chi connectivity index (χ4v) is 14.0. The van der Waals surface area contributed by atoms with Gasteiger partial charge >= 0.3 is 5.97 Å². The molecule has 0 aromatic carbocycles. The topological polar surface area (TPSA) is 95.9 Å². The third kappa shape index (κ3) is 79.2. The van der Waals surface area contributed by atoms with Gasteiger partial charge in [0.25, 0.3) is 0 Å². The van der Waals surface area contributed by atoms with Crippen molar-refractivity contribution in [2.24, 2.45) is 0 Å². The predicted molar refractivity (Wildman–Crippen MR) is 412 cm³/mol. The lowest BCUT2D eigenvalue weighted by Crippen LogP contribution is -2.45. The number of allylic oxidation sites excluding steroid dienone is 4. The molecule has 0 bridgehead atoms. The normalized spacial score (nSPS) is 12.5. The van der Waals surface area contributed by atoms with Crippen molar-refractivity contribution >= 4 is 11.9 Å². The standard InChI is InChI=1S/C87H169NO5/c1-3-5-7-9-11-13-15-17-19-21-23-24-40-44-47-51-55-59-63-67-71-75-79-85(90)84(83-89)88-86(91)80-76-72-68-64-60-56-52-48-45-41-38-36-34-32-30-28-26-25-27-29-31-33-35-37-39-42-46-50-54-58-62-66-70-74-78-82-93-87(92)81-77-73-69-65-61-57-53-49-43-22-20-18-16-14-12-10-8-6-4-2/h12,14,18,20,84-85,89-90H,3-11,13,15-17,19,21-83H2,1-2H3,(H,88,91)/b14-12-,20-18-. The largest absolute Gasteiger partial charge is 0.466 e. The average molecular weight is 1310 g/mol. The zero-order valence-electron chi connectivity index (χ0n) is 63.5. The molecule has 0 aromatic rings. The molecule has 0 aliphatic carbocycles. The number of nitrogens with one attached hydrogen (secondary N) is 1. The third-order valence-corrected chi connectivity index (χ3v) is 20.5. The van der Waals surface area contributed by atoms with Crippen LogP contribution >= 0.6 is 0 Å². The molecule has 93 heavy (non-hydrogen) atoms. The van der Waals surface area contributed by atoms with Crippen LogP contribution in [0.15, 0.2) is 24.3 Å². The molecule has 0 aliphatic rings. The van der Waals surface area contributed by atoms with Crippen LogP contribution in [0, 0.1) is 0 Å². The maximum Gasteiger partial charge on any atom is 0.305 e. The van der Waals surface area contributed by atoms with Crippen LogP contribution < -0.4 is 5.32 Å². The highest BCUT2D eigenvalue weighted by atomic mass is 16.5. The van der Waals surface area contributed by atoms with E-state index in [1.165, 1.54) is 417 Å². The van der Waals surface area contributed by atoms with Gasteiger partial charge in [-0.25, -0.2) is 0 Å². The van der Waals surface area contributed by atoms with Gasteiger partial charge in [-0.2, -0.15) is 0 Å². The lowest BCUT2D eigenvalue weighted by molar-refractivity contribution is -0.143. The molecular weight excluding hydrogens is 1140 g/mol. The number of ether oxygens (including phenoxy) is 1. The van der Waals surface area contributed by atoms with Crippen LogP contribution in [0.3, 0.4) is 0 Å². The summed E-state index contributed by atoms with van der Waals surface area (Å²) in [6.45, 7) is 4.99. The summed E-state index contributed by atoms with van der Waals surface area (Å²) in [5, 5.41) is 23.5. The van der Waals surface area contributed by atoms with Crippen LogP contribution in [0.2, 0.25) is 0 Å². The van der Waals surface area contributed by atoms with E-state index < -0.39 is 12.1 Å². The van der Waals surface area contributed by atoms with Gasteiger partial charge in [-0.1, -0.05) is 449 Å². The highest BCUT2D eigenvalue weighted by Crippen LogP contribution is 2.21. The monoisotopic (exact) mass is 1310 g/mol. The molecule has 0 aliphatic heterocycles. The van der Waals surface area contributed by atoms with Crippen LogP contribution in [0.1, 0.15) is 495 Å². The molecule has 0 saturated carbocycles. The van der Waals surface area contributed by atoms with Gasteiger partial charge in [-0.05, 0) is 57.8 Å². The van der Waals surface area contributed by atoms with Gasteiger partial charge in [0.2, 0.25) is 5.91 Å².